The molecule has 3 aromatic rings. The van der Waals surface area contributed by atoms with Crippen molar-refractivity contribution < 1.29 is 17.9 Å². The number of carbonyl (C=O) groups is 1. The third-order valence-electron chi connectivity index (χ3n) is 6.03. The van der Waals surface area contributed by atoms with E-state index in [4.69, 9.17) is 4.74 Å². The molecule has 0 bridgehead atoms. The molecule has 0 atom stereocenters. The minimum atomic E-state index is -3.55. The first-order valence-corrected chi connectivity index (χ1v) is 12.9. The molecule has 4 rings (SSSR count). The van der Waals surface area contributed by atoms with E-state index in [1.54, 1.807) is 29.3 Å². The summed E-state index contributed by atoms with van der Waals surface area (Å²) in [6, 6.07) is 13.5. The highest BCUT2D eigenvalue weighted by Crippen LogP contribution is 2.26. The van der Waals surface area contributed by atoms with Crippen molar-refractivity contribution in [2.24, 2.45) is 5.92 Å². The molecule has 1 aromatic carbocycles. The molecule has 1 saturated heterocycles. The topological polar surface area (TPSA) is 81.0 Å². The number of aromatic nitrogens is 2. The standard InChI is InChI=1S/C24H29N3O4S/c1-3-31-20-11-9-18(10-12-20)7-8-19-13-16-26(17-14-19)23(28)22-21-6-4-5-15-27(21)24(25-22)32(2,29)30/h4-6,9-12,15,19H,3,7-8,13-14,16-17H2,1-2H3. The number of hydrogen-bond acceptors (Lipinski definition) is 5. The van der Waals surface area contributed by atoms with E-state index in [0.29, 0.717) is 31.1 Å². The minimum Gasteiger partial charge on any atom is -0.494 e. The predicted octanol–water partition coefficient (Wildman–Crippen LogP) is 3.62. The van der Waals surface area contributed by atoms with Gasteiger partial charge in [0.15, 0.2) is 5.69 Å². The third-order valence-corrected chi connectivity index (χ3v) is 6.98. The van der Waals surface area contributed by atoms with Crippen LogP contribution in [0.1, 0.15) is 42.2 Å². The Morgan fingerprint density at radius 2 is 1.84 bits per heavy atom. The summed E-state index contributed by atoms with van der Waals surface area (Å²) in [5.74, 6) is 1.26. The van der Waals surface area contributed by atoms with Gasteiger partial charge in [-0.2, -0.15) is 0 Å². The number of amides is 1. The van der Waals surface area contributed by atoms with Crippen LogP contribution >= 0.6 is 0 Å². The number of nitrogens with zero attached hydrogens (tertiary/aromatic N) is 3. The van der Waals surface area contributed by atoms with Gasteiger partial charge in [0.05, 0.1) is 12.1 Å². The molecule has 0 radical (unpaired) electrons. The Hall–Kier alpha value is -2.87. The van der Waals surface area contributed by atoms with Gasteiger partial charge in [0.25, 0.3) is 5.91 Å². The van der Waals surface area contributed by atoms with Gasteiger partial charge in [-0.05, 0) is 68.4 Å². The Morgan fingerprint density at radius 1 is 1.12 bits per heavy atom. The number of fused-ring (bicyclic) bond motifs is 1. The Morgan fingerprint density at radius 3 is 2.50 bits per heavy atom. The molecule has 2 aromatic heterocycles. The van der Waals surface area contributed by atoms with E-state index in [1.165, 1.54) is 9.96 Å². The molecule has 1 aliphatic rings. The summed E-state index contributed by atoms with van der Waals surface area (Å²) >= 11 is 0. The molecule has 3 heterocycles. The second-order valence-corrected chi connectivity index (χ2v) is 10.2. The lowest BCUT2D eigenvalue weighted by molar-refractivity contribution is 0.0683. The van der Waals surface area contributed by atoms with Crippen molar-refractivity contribution in [2.45, 2.75) is 37.8 Å². The molecule has 0 spiro atoms. The Bertz CT molecular complexity index is 1190. The zero-order valence-electron chi connectivity index (χ0n) is 18.5. The Labute approximate surface area is 188 Å². The van der Waals surface area contributed by atoms with Crippen molar-refractivity contribution in [3.8, 4) is 5.75 Å². The van der Waals surface area contributed by atoms with Crippen molar-refractivity contribution in [2.75, 3.05) is 26.0 Å². The second-order valence-electron chi connectivity index (χ2n) is 8.32. The molecule has 32 heavy (non-hydrogen) atoms. The van der Waals surface area contributed by atoms with Crippen LogP contribution < -0.4 is 4.74 Å². The Kier molecular flexibility index (Phi) is 6.50. The van der Waals surface area contributed by atoms with Gasteiger partial charge >= 0.3 is 0 Å². The molecule has 0 unspecified atom stereocenters. The first-order valence-electron chi connectivity index (χ1n) is 11.0. The number of piperidine rings is 1. The molecule has 170 valence electrons. The SMILES string of the molecule is CCOc1ccc(CCC2CCN(C(=O)c3nc(S(C)(=O)=O)n4ccccc34)CC2)cc1. The first-order chi connectivity index (χ1) is 15.4. The molecule has 7 nitrogen and oxygen atoms in total. The number of carbonyl (C=O) groups excluding carboxylic acids is 1. The van der Waals surface area contributed by atoms with Crippen molar-refractivity contribution >= 4 is 21.3 Å². The summed E-state index contributed by atoms with van der Waals surface area (Å²) in [5, 5.41) is -0.0957. The van der Waals surface area contributed by atoms with Crippen LogP contribution in [-0.4, -0.2) is 54.6 Å². The molecule has 0 aliphatic carbocycles. The molecule has 1 aliphatic heterocycles. The maximum Gasteiger partial charge on any atom is 0.274 e. The number of rotatable bonds is 7. The number of imidazole rings is 1. The van der Waals surface area contributed by atoms with Crippen molar-refractivity contribution in [1.82, 2.24) is 14.3 Å². The number of hydrogen-bond donors (Lipinski definition) is 0. The van der Waals surface area contributed by atoms with Gasteiger partial charge in [0.1, 0.15) is 5.75 Å². The van der Waals surface area contributed by atoms with Crippen LogP contribution in [0.3, 0.4) is 0 Å². The summed E-state index contributed by atoms with van der Waals surface area (Å²) in [6.45, 7) is 3.96. The number of ether oxygens (including phenoxy) is 1. The van der Waals surface area contributed by atoms with E-state index in [2.05, 4.69) is 17.1 Å². The van der Waals surface area contributed by atoms with E-state index in [1.807, 2.05) is 19.1 Å². The summed E-state index contributed by atoms with van der Waals surface area (Å²) in [4.78, 5) is 19.2. The summed E-state index contributed by atoms with van der Waals surface area (Å²) < 4.78 is 31.2. The zero-order chi connectivity index (χ0) is 22.7. The van der Waals surface area contributed by atoms with E-state index in [9.17, 15) is 13.2 Å². The molecule has 0 N–H and O–H groups in total. The highest BCUT2D eigenvalue weighted by Gasteiger charge is 2.28. The van der Waals surface area contributed by atoms with Gasteiger partial charge in [-0.25, -0.2) is 13.4 Å². The van der Waals surface area contributed by atoms with Gasteiger partial charge in [-0.3, -0.25) is 9.20 Å². The van der Waals surface area contributed by atoms with E-state index >= 15 is 0 Å². The van der Waals surface area contributed by atoms with Crippen molar-refractivity contribution in [1.29, 1.82) is 0 Å². The fourth-order valence-corrected chi connectivity index (χ4v) is 5.07. The zero-order valence-corrected chi connectivity index (χ0v) is 19.3. The minimum absolute atomic E-state index is 0.0957. The predicted molar refractivity (Wildman–Crippen MR) is 123 cm³/mol. The van der Waals surface area contributed by atoms with Crippen molar-refractivity contribution in [3.63, 3.8) is 0 Å². The smallest absolute Gasteiger partial charge is 0.274 e. The maximum absolute atomic E-state index is 13.2. The van der Waals surface area contributed by atoms with Gasteiger partial charge in [0, 0.05) is 25.5 Å². The van der Waals surface area contributed by atoms with Gasteiger partial charge in [-0.15, -0.1) is 0 Å². The molecular formula is C24H29N3O4S. The first kappa shape index (κ1) is 22.3. The van der Waals surface area contributed by atoms with E-state index < -0.39 is 9.84 Å². The lowest BCUT2D eigenvalue weighted by Gasteiger charge is -2.31. The van der Waals surface area contributed by atoms with Crippen LogP contribution in [0.25, 0.3) is 5.52 Å². The van der Waals surface area contributed by atoms with E-state index in [-0.39, 0.29) is 16.8 Å². The van der Waals surface area contributed by atoms with Crippen LogP contribution in [0.2, 0.25) is 0 Å². The normalized spacial score (nSPS) is 15.2. The molecule has 8 heteroatoms. The van der Waals surface area contributed by atoms with Gasteiger partial charge < -0.3 is 9.64 Å². The van der Waals surface area contributed by atoms with Crippen LogP contribution in [-0.2, 0) is 16.3 Å². The monoisotopic (exact) mass is 455 g/mol. The van der Waals surface area contributed by atoms with Gasteiger partial charge in [0.2, 0.25) is 15.0 Å². The average Bonchev–Trinajstić information content (AvgIpc) is 3.19. The average molecular weight is 456 g/mol. The third kappa shape index (κ3) is 4.80. The highest BCUT2D eigenvalue weighted by atomic mass is 32.2. The Balaban J connectivity index is 1.38. The fraction of sp³-hybridized carbons (Fsp3) is 0.417. The number of sulfone groups is 1. The van der Waals surface area contributed by atoms with E-state index in [0.717, 1.165) is 37.7 Å². The van der Waals surface area contributed by atoms with Crippen LogP contribution in [0.4, 0.5) is 0 Å². The maximum atomic E-state index is 13.2. The van der Waals surface area contributed by atoms with Crippen LogP contribution in [0.15, 0.2) is 53.8 Å². The number of pyridine rings is 1. The summed E-state index contributed by atoms with van der Waals surface area (Å²) in [7, 11) is -3.55. The highest BCUT2D eigenvalue weighted by molar-refractivity contribution is 7.90. The molecule has 1 amide bonds. The number of benzene rings is 1. The molecule has 0 saturated carbocycles. The lowest BCUT2D eigenvalue weighted by Crippen LogP contribution is -2.38. The summed E-state index contributed by atoms with van der Waals surface area (Å²) in [6.07, 6.45) is 6.71. The number of aryl methyl sites for hydroxylation is 1. The quantitative estimate of drug-likeness (QED) is 0.544. The second kappa shape index (κ2) is 9.32. The molecular weight excluding hydrogens is 426 g/mol. The molecule has 1 fully saturated rings. The van der Waals surface area contributed by atoms with Crippen LogP contribution in [0, 0.1) is 5.92 Å². The number of likely N-dealkylation sites (tertiary alicyclic amines) is 1. The lowest BCUT2D eigenvalue weighted by atomic mass is 9.90. The largest absolute Gasteiger partial charge is 0.494 e. The van der Waals surface area contributed by atoms with Gasteiger partial charge in [-0.1, -0.05) is 18.2 Å². The summed E-state index contributed by atoms with van der Waals surface area (Å²) in [5.41, 5.74) is 2.03. The van der Waals surface area contributed by atoms with Crippen LogP contribution in [0.5, 0.6) is 5.75 Å². The fourth-order valence-electron chi connectivity index (χ4n) is 4.29. The van der Waals surface area contributed by atoms with Crippen molar-refractivity contribution in [3.05, 3.63) is 59.9 Å².